The van der Waals surface area contributed by atoms with Crippen LogP contribution in [0.25, 0.3) is 0 Å². The quantitative estimate of drug-likeness (QED) is 0.839. The van der Waals surface area contributed by atoms with E-state index < -0.39 is 0 Å². The molecule has 1 atom stereocenters. The van der Waals surface area contributed by atoms with Crippen LogP contribution < -0.4 is 11.5 Å². The summed E-state index contributed by atoms with van der Waals surface area (Å²) >= 11 is 0. The Kier molecular flexibility index (Phi) is 3.38. The maximum Gasteiger partial charge on any atom is 0.0953 e. The third-order valence-corrected chi connectivity index (χ3v) is 4.32. The molecular formula is C16H22N4. The number of aromatic nitrogens is 2. The van der Waals surface area contributed by atoms with Gasteiger partial charge in [-0.15, -0.1) is 0 Å². The molecule has 4 heteroatoms. The predicted octanol–water partition coefficient (Wildman–Crippen LogP) is 2.93. The smallest absolute Gasteiger partial charge is 0.0953 e. The van der Waals surface area contributed by atoms with E-state index >= 15 is 0 Å². The van der Waals surface area contributed by atoms with E-state index in [9.17, 15) is 0 Å². The fourth-order valence-corrected chi connectivity index (χ4v) is 3.18. The second kappa shape index (κ2) is 5.19. The van der Waals surface area contributed by atoms with Gasteiger partial charge in [0, 0.05) is 11.9 Å². The number of fused-ring (bicyclic) bond motifs is 1. The molecule has 0 aliphatic carbocycles. The third kappa shape index (κ3) is 2.05. The van der Waals surface area contributed by atoms with Crippen molar-refractivity contribution >= 4 is 11.4 Å². The summed E-state index contributed by atoms with van der Waals surface area (Å²) in [6.45, 7) is 2.20. The van der Waals surface area contributed by atoms with Gasteiger partial charge in [0.25, 0.3) is 0 Å². The number of hydrogen-bond donors (Lipinski definition) is 2. The standard InChI is InChI=1S/C16H22N4/c1-2-3-4-13-12(6-7-14(17)16(13)18)15-8-5-11-9-19-10-20(11)15/h6-7,9-10,15H,2-5,8,17-18H2,1H3/t15-/m0/s1. The van der Waals surface area contributed by atoms with E-state index in [0.29, 0.717) is 11.7 Å². The molecule has 0 radical (unpaired) electrons. The molecule has 1 aliphatic heterocycles. The second-order valence-corrected chi connectivity index (χ2v) is 5.59. The van der Waals surface area contributed by atoms with E-state index in [2.05, 4.69) is 22.5 Å². The number of imidazole rings is 1. The summed E-state index contributed by atoms with van der Waals surface area (Å²) in [5, 5.41) is 0. The zero-order valence-electron chi connectivity index (χ0n) is 12.0. The van der Waals surface area contributed by atoms with Gasteiger partial charge in [0.1, 0.15) is 0 Å². The van der Waals surface area contributed by atoms with Gasteiger partial charge < -0.3 is 16.0 Å². The maximum atomic E-state index is 6.24. The van der Waals surface area contributed by atoms with Crippen LogP contribution in [0.4, 0.5) is 11.4 Å². The van der Waals surface area contributed by atoms with E-state index in [1.165, 1.54) is 16.8 Å². The number of nitrogens with zero attached hydrogens (tertiary/aromatic N) is 2. The van der Waals surface area contributed by atoms with Gasteiger partial charge in [-0.25, -0.2) is 4.98 Å². The Morgan fingerprint density at radius 3 is 3.00 bits per heavy atom. The van der Waals surface area contributed by atoms with Gasteiger partial charge in [-0.1, -0.05) is 19.4 Å². The Balaban J connectivity index is 2.03. The van der Waals surface area contributed by atoms with Crippen LogP contribution in [-0.4, -0.2) is 9.55 Å². The highest BCUT2D eigenvalue weighted by Crippen LogP contribution is 2.37. The Morgan fingerprint density at radius 2 is 2.20 bits per heavy atom. The minimum Gasteiger partial charge on any atom is -0.397 e. The van der Waals surface area contributed by atoms with Crippen molar-refractivity contribution in [2.24, 2.45) is 0 Å². The molecular weight excluding hydrogens is 248 g/mol. The van der Waals surface area contributed by atoms with E-state index in [0.717, 1.165) is 37.8 Å². The zero-order valence-corrected chi connectivity index (χ0v) is 12.0. The number of unbranched alkanes of at least 4 members (excludes halogenated alkanes) is 1. The average molecular weight is 270 g/mol. The molecule has 4 N–H and O–H groups in total. The molecule has 0 unspecified atom stereocenters. The highest BCUT2D eigenvalue weighted by atomic mass is 15.1. The van der Waals surface area contributed by atoms with Crippen LogP contribution in [0.1, 0.15) is 49.0 Å². The number of nitrogen functional groups attached to an aromatic ring is 2. The van der Waals surface area contributed by atoms with Gasteiger partial charge >= 0.3 is 0 Å². The molecule has 0 saturated carbocycles. The SMILES string of the molecule is CCCCc1c([C@@H]2CCc3cncn32)ccc(N)c1N. The lowest BCUT2D eigenvalue weighted by molar-refractivity contribution is 0.607. The van der Waals surface area contributed by atoms with Crippen molar-refractivity contribution in [2.75, 3.05) is 11.5 Å². The first-order valence-electron chi connectivity index (χ1n) is 7.39. The molecule has 0 fully saturated rings. The molecule has 1 aromatic carbocycles. The van der Waals surface area contributed by atoms with Crippen LogP contribution in [0.3, 0.4) is 0 Å². The first kappa shape index (κ1) is 13.0. The molecule has 1 aromatic heterocycles. The van der Waals surface area contributed by atoms with Crippen LogP contribution in [0.2, 0.25) is 0 Å². The van der Waals surface area contributed by atoms with Crippen molar-refractivity contribution in [3.8, 4) is 0 Å². The lowest BCUT2D eigenvalue weighted by Gasteiger charge is -2.20. The molecule has 20 heavy (non-hydrogen) atoms. The van der Waals surface area contributed by atoms with Crippen molar-refractivity contribution < 1.29 is 0 Å². The van der Waals surface area contributed by atoms with E-state index in [1.807, 2.05) is 18.6 Å². The van der Waals surface area contributed by atoms with Gasteiger partial charge in [-0.2, -0.15) is 0 Å². The molecule has 2 aromatic rings. The van der Waals surface area contributed by atoms with Crippen LogP contribution in [-0.2, 0) is 12.8 Å². The van der Waals surface area contributed by atoms with Gasteiger partial charge in [0.2, 0.25) is 0 Å². The van der Waals surface area contributed by atoms with Gasteiger partial charge in [0.15, 0.2) is 0 Å². The number of rotatable bonds is 4. The molecule has 0 saturated heterocycles. The van der Waals surface area contributed by atoms with Crippen molar-refractivity contribution in [3.05, 3.63) is 41.5 Å². The van der Waals surface area contributed by atoms with Crippen molar-refractivity contribution in [1.82, 2.24) is 9.55 Å². The second-order valence-electron chi connectivity index (χ2n) is 5.59. The number of hydrogen-bond acceptors (Lipinski definition) is 3. The molecule has 2 heterocycles. The Morgan fingerprint density at radius 1 is 1.35 bits per heavy atom. The molecule has 1 aliphatic rings. The Bertz CT molecular complexity index is 615. The first-order chi connectivity index (χ1) is 9.72. The van der Waals surface area contributed by atoms with Crippen molar-refractivity contribution in [3.63, 3.8) is 0 Å². The molecule has 3 rings (SSSR count). The van der Waals surface area contributed by atoms with E-state index in [1.54, 1.807) is 0 Å². The first-order valence-corrected chi connectivity index (χ1v) is 7.39. The molecule has 0 bridgehead atoms. The van der Waals surface area contributed by atoms with Gasteiger partial charge in [-0.05, 0) is 42.9 Å². The summed E-state index contributed by atoms with van der Waals surface area (Å²) in [5.74, 6) is 0. The fraction of sp³-hybridized carbons (Fsp3) is 0.438. The zero-order chi connectivity index (χ0) is 14.1. The molecule has 4 nitrogen and oxygen atoms in total. The largest absolute Gasteiger partial charge is 0.397 e. The summed E-state index contributed by atoms with van der Waals surface area (Å²) in [4.78, 5) is 4.26. The summed E-state index contributed by atoms with van der Waals surface area (Å²) in [6, 6.07) is 4.45. The molecule has 0 amide bonds. The highest BCUT2D eigenvalue weighted by Gasteiger charge is 2.26. The predicted molar refractivity (Wildman–Crippen MR) is 82.6 cm³/mol. The Labute approximate surface area is 119 Å². The number of benzene rings is 1. The fourth-order valence-electron chi connectivity index (χ4n) is 3.18. The van der Waals surface area contributed by atoms with E-state index in [4.69, 9.17) is 11.5 Å². The summed E-state index contributed by atoms with van der Waals surface area (Å²) in [6.07, 6.45) is 9.42. The minimum absolute atomic E-state index is 0.363. The normalized spacial score (nSPS) is 17.4. The van der Waals surface area contributed by atoms with Crippen molar-refractivity contribution in [2.45, 2.75) is 45.1 Å². The number of aryl methyl sites for hydroxylation is 1. The summed E-state index contributed by atoms with van der Waals surface area (Å²) in [5.41, 5.74) is 17.6. The van der Waals surface area contributed by atoms with Gasteiger partial charge in [0.05, 0.1) is 23.7 Å². The minimum atomic E-state index is 0.363. The Hall–Kier alpha value is -1.97. The lowest BCUT2D eigenvalue weighted by Crippen LogP contribution is -2.11. The van der Waals surface area contributed by atoms with Crippen molar-refractivity contribution in [1.29, 1.82) is 0 Å². The lowest BCUT2D eigenvalue weighted by atomic mass is 9.93. The monoisotopic (exact) mass is 270 g/mol. The van der Waals surface area contributed by atoms with E-state index in [-0.39, 0.29) is 0 Å². The number of nitrogens with two attached hydrogens (primary N) is 2. The molecule has 106 valence electrons. The van der Waals surface area contributed by atoms with Gasteiger partial charge in [-0.3, -0.25) is 0 Å². The van der Waals surface area contributed by atoms with Crippen LogP contribution in [0.5, 0.6) is 0 Å². The third-order valence-electron chi connectivity index (χ3n) is 4.32. The summed E-state index contributed by atoms with van der Waals surface area (Å²) < 4.78 is 2.28. The summed E-state index contributed by atoms with van der Waals surface area (Å²) in [7, 11) is 0. The average Bonchev–Trinajstić information content (AvgIpc) is 3.03. The van der Waals surface area contributed by atoms with Crippen LogP contribution >= 0.6 is 0 Å². The molecule has 0 spiro atoms. The van der Waals surface area contributed by atoms with Crippen LogP contribution in [0, 0.1) is 0 Å². The topological polar surface area (TPSA) is 69.9 Å². The van der Waals surface area contributed by atoms with Crippen LogP contribution in [0.15, 0.2) is 24.7 Å². The maximum absolute atomic E-state index is 6.24. The number of anilines is 2. The highest BCUT2D eigenvalue weighted by molar-refractivity contribution is 5.69.